The molecule has 0 aliphatic carbocycles. The Morgan fingerprint density at radius 3 is 1.04 bits per heavy atom. The van der Waals surface area contributed by atoms with Gasteiger partial charge in [0.2, 0.25) is 0 Å². The van der Waals surface area contributed by atoms with Crippen molar-refractivity contribution in [3.05, 3.63) is 205 Å². The van der Waals surface area contributed by atoms with Gasteiger partial charge < -0.3 is 9.13 Å². The molecule has 0 saturated carbocycles. The summed E-state index contributed by atoms with van der Waals surface area (Å²) in [7, 11) is 0. The molecule has 2 aromatic heterocycles. The van der Waals surface area contributed by atoms with E-state index in [1.54, 1.807) is 0 Å². The highest BCUT2D eigenvalue weighted by atomic mass is 15.0. The van der Waals surface area contributed by atoms with Gasteiger partial charge in [0.05, 0.1) is 11.0 Å². The van der Waals surface area contributed by atoms with E-state index in [1.807, 2.05) is 0 Å². The van der Waals surface area contributed by atoms with Crippen molar-refractivity contribution in [1.82, 2.24) is 9.13 Å². The molecule has 12 aromatic rings. The quantitative estimate of drug-likeness (QED) is 0.152. The predicted octanol–water partition coefficient (Wildman–Crippen LogP) is 14.2. The molecule has 12 rings (SSSR count). The summed E-state index contributed by atoms with van der Waals surface area (Å²) in [4.78, 5) is 0. The third-order valence-corrected chi connectivity index (χ3v) is 12.1. The molecular weight excluding hydrogens is 677 g/mol. The lowest BCUT2D eigenvalue weighted by atomic mass is 9.89. The minimum Gasteiger partial charge on any atom is -0.336 e. The van der Waals surface area contributed by atoms with Crippen LogP contribution < -0.4 is 0 Å². The Bertz CT molecular complexity index is 3160. The first-order valence-corrected chi connectivity index (χ1v) is 19.6. The maximum atomic E-state index is 2.48. The Kier molecular flexibility index (Phi) is 6.79. The average Bonchev–Trinajstić information content (AvgIpc) is 3.74. The molecule has 0 spiro atoms. The molecule has 0 bridgehead atoms. The Morgan fingerprint density at radius 2 is 0.625 bits per heavy atom. The summed E-state index contributed by atoms with van der Waals surface area (Å²) in [6.45, 7) is 1.67. The van der Waals surface area contributed by atoms with Gasteiger partial charge in [-0.25, -0.2) is 0 Å². The summed E-state index contributed by atoms with van der Waals surface area (Å²) in [5, 5.41) is 13.0. The van der Waals surface area contributed by atoms with Crippen LogP contribution in [-0.2, 0) is 13.1 Å². The number of fused-ring (bicyclic) bond motifs is 6. The highest BCUT2D eigenvalue weighted by molar-refractivity contribution is 6.24. The van der Waals surface area contributed by atoms with Crippen molar-refractivity contribution in [1.29, 1.82) is 0 Å². The van der Waals surface area contributed by atoms with Crippen LogP contribution in [0.4, 0.5) is 0 Å². The zero-order chi connectivity index (χ0) is 36.7. The van der Waals surface area contributed by atoms with E-state index >= 15 is 0 Å². The minimum atomic E-state index is 0.835. The third-order valence-electron chi connectivity index (χ3n) is 12.1. The molecule has 0 fully saturated rings. The van der Waals surface area contributed by atoms with E-state index in [9.17, 15) is 0 Å². The second-order valence-electron chi connectivity index (χ2n) is 15.4. The van der Waals surface area contributed by atoms with Gasteiger partial charge in [0.15, 0.2) is 0 Å². The van der Waals surface area contributed by atoms with Crippen LogP contribution in [0.5, 0.6) is 0 Å². The number of para-hydroxylation sites is 2. The van der Waals surface area contributed by atoms with Gasteiger partial charge in [-0.15, -0.1) is 0 Å². The molecule has 0 N–H and O–H groups in total. The van der Waals surface area contributed by atoms with Crippen molar-refractivity contribution in [2.45, 2.75) is 13.1 Å². The monoisotopic (exact) mass is 712 g/mol. The number of benzene rings is 10. The highest BCUT2D eigenvalue weighted by Gasteiger charge is 2.17. The standard InChI is InChI=1S/C54H36N2/c1-3-11-35(12-4-1)33-55-49-17-9-7-15-45(49)47-25-23-37(31-51(47)55)43-27-39-19-21-41-29-44(30-42-22-20-40(28-43)53(39)54(41)42)38-24-26-48-46-16-8-10-18-50(46)56(52(48)32-38)34-36-13-5-2-6-14-36/h1-32H,33-34H2. The first kappa shape index (κ1) is 31.2. The fraction of sp³-hybridized carbons (Fsp3) is 0.0370. The molecule has 2 nitrogen and oxygen atoms in total. The number of nitrogens with zero attached hydrogens (tertiary/aromatic N) is 2. The Balaban J connectivity index is 0.971. The van der Waals surface area contributed by atoms with Crippen LogP contribution in [0.3, 0.4) is 0 Å². The van der Waals surface area contributed by atoms with Gasteiger partial charge in [-0.2, -0.15) is 0 Å². The topological polar surface area (TPSA) is 9.86 Å². The van der Waals surface area contributed by atoms with Crippen LogP contribution in [0.2, 0.25) is 0 Å². The van der Waals surface area contributed by atoms with Crippen molar-refractivity contribution in [2.75, 3.05) is 0 Å². The lowest BCUT2D eigenvalue weighted by molar-refractivity contribution is 0.869. The molecule has 0 radical (unpaired) electrons. The lowest BCUT2D eigenvalue weighted by Crippen LogP contribution is -1.99. The van der Waals surface area contributed by atoms with Crippen molar-refractivity contribution in [2.24, 2.45) is 0 Å². The zero-order valence-corrected chi connectivity index (χ0v) is 30.8. The van der Waals surface area contributed by atoms with E-state index in [0.29, 0.717) is 0 Å². The van der Waals surface area contributed by atoms with Gasteiger partial charge >= 0.3 is 0 Å². The van der Waals surface area contributed by atoms with Crippen LogP contribution in [-0.4, -0.2) is 9.13 Å². The molecule has 0 atom stereocenters. The highest BCUT2D eigenvalue weighted by Crippen LogP contribution is 2.41. The zero-order valence-electron chi connectivity index (χ0n) is 30.8. The van der Waals surface area contributed by atoms with Gasteiger partial charge in [0.25, 0.3) is 0 Å². The normalized spacial score (nSPS) is 12.1. The largest absolute Gasteiger partial charge is 0.336 e. The summed E-state index contributed by atoms with van der Waals surface area (Å²) < 4.78 is 4.96. The predicted molar refractivity (Wildman–Crippen MR) is 238 cm³/mol. The van der Waals surface area contributed by atoms with E-state index in [4.69, 9.17) is 0 Å². The van der Waals surface area contributed by atoms with E-state index < -0.39 is 0 Å². The summed E-state index contributed by atoms with van der Waals surface area (Å²) in [5.74, 6) is 0. The fourth-order valence-corrected chi connectivity index (χ4v) is 9.50. The summed E-state index contributed by atoms with van der Waals surface area (Å²) in [6, 6.07) is 72.1. The lowest BCUT2D eigenvalue weighted by Gasteiger charge is -2.15. The van der Waals surface area contributed by atoms with E-state index in [1.165, 1.54) is 109 Å². The van der Waals surface area contributed by atoms with Crippen molar-refractivity contribution >= 4 is 75.9 Å². The average molecular weight is 713 g/mol. The van der Waals surface area contributed by atoms with Crippen molar-refractivity contribution < 1.29 is 0 Å². The molecule has 0 aliphatic heterocycles. The molecule has 0 unspecified atom stereocenters. The molecule has 2 heteroatoms. The van der Waals surface area contributed by atoms with Gasteiger partial charge in [0.1, 0.15) is 0 Å². The molecule has 0 amide bonds. The second kappa shape index (κ2) is 12.2. The van der Waals surface area contributed by atoms with Gasteiger partial charge in [-0.3, -0.25) is 0 Å². The molecule has 0 saturated heterocycles. The molecule has 2 heterocycles. The summed E-state index contributed by atoms with van der Waals surface area (Å²) >= 11 is 0. The molecule has 0 aliphatic rings. The SMILES string of the molecule is c1ccc(Cn2c3ccccc3c3ccc(-c4cc5ccc6cc(-c7ccc8c9ccccc9n(Cc9ccccc9)c8c7)cc7ccc(c4)c5c67)cc32)cc1. The third kappa shape index (κ3) is 4.82. The Hall–Kier alpha value is -7.16. The number of hydrogen-bond donors (Lipinski definition) is 0. The molecular formula is C54H36N2. The molecule has 56 heavy (non-hydrogen) atoms. The first-order valence-electron chi connectivity index (χ1n) is 19.6. The number of hydrogen-bond acceptors (Lipinski definition) is 0. The molecule has 262 valence electrons. The van der Waals surface area contributed by atoms with Crippen LogP contribution in [0.15, 0.2) is 194 Å². The van der Waals surface area contributed by atoms with Crippen molar-refractivity contribution in [3.8, 4) is 22.3 Å². The van der Waals surface area contributed by atoms with Crippen LogP contribution in [0.25, 0.3) is 98.2 Å². The second-order valence-corrected chi connectivity index (χ2v) is 15.4. The fourth-order valence-electron chi connectivity index (χ4n) is 9.50. The van der Waals surface area contributed by atoms with E-state index in [2.05, 4.69) is 203 Å². The van der Waals surface area contributed by atoms with Gasteiger partial charge in [-0.05, 0) is 114 Å². The number of aromatic nitrogens is 2. The Labute approximate surface area is 324 Å². The maximum Gasteiger partial charge on any atom is 0.0500 e. The first-order chi connectivity index (χ1) is 27.7. The van der Waals surface area contributed by atoms with Crippen molar-refractivity contribution in [3.63, 3.8) is 0 Å². The maximum absolute atomic E-state index is 2.48. The summed E-state index contributed by atoms with van der Waals surface area (Å²) in [6.07, 6.45) is 0. The van der Waals surface area contributed by atoms with Crippen LogP contribution in [0.1, 0.15) is 11.1 Å². The Morgan fingerprint density at radius 1 is 0.268 bits per heavy atom. The minimum absolute atomic E-state index is 0.835. The van der Waals surface area contributed by atoms with E-state index in [0.717, 1.165) is 13.1 Å². The smallest absolute Gasteiger partial charge is 0.0500 e. The van der Waals surface area contributed by atoms with Crippen LogP contribution in [0, 0.1) is 0 Å². The summed E-state index contributed by atoms with van der Waals surface area (Å²) in [5.41, 5.74) is 12.7. The number of rotatable bonds is 6. The van der Waals surface area contributed by atoms with E-state index in [-0.39, 0.29) is 0 Å². The molecule has 10 aromatic carbocycles. The van der Waals surface area contributed by atoms with Gasteiger partial charge in [-0.1, -0.05) is 146 Å². The van der Waals surface area contributed by atoms with Gasteiger partial charge in [0, 0.05) is 45.7 Å². The van der Waals surface area contributed by atoms with Crippen LogP contribution >= 0.6 is 0 Å².